The summed E-state index contributed by atoms with van der Waals surface area (Å²) in [6.45, 7) is 1.90. The van der Waals surface area contributed by atoms with Crippen LogP contribution in [0.4, 0.5) is 5.69 Å². The topological polar surface area (TPSA) is 47.6 Å². The molecule has 1 aromatic rings. The van der Waals surface area contributed by atoms with Crippen molar-refractivity contribution >= 4 is 33.7 Å². The van der Waals surface area contributed by atoms with E-state index in [9.17, 15) is 4.79 Å². The Morgan fingerprint density at radius 1 is 1.41 bits per heavy atom. The molecule has 0 saturated carbocycles. The zero-order valence-electron chi connectivity index (χ0n) is 9.91. The van der Waals surface area contributed by atoms with Crippen LogP contribution < -0.4 is 5.48 Å². The van der Waals surface area contributed by atoms with Crippen LogP contribution in [0.2, 0.25) is 0 Å². The lowest BCUT2D eigenvalue weighted by atomic mass is 10.1. The highest BCUT2D eigenvalue weighted by atomic mass is 79.9. The van der Waals surface area contributed by atoms with Crippen LogP contribution in [-0.2, 0) is 9.57 Å². The predicted octanol–water partition coefficient (Wildman–Crippen LogP) is 3.24. The van der Waals surface area contributed by atoms with Crippen LogP contribution in [0.1, 0.15) is 22.8 Å². The van der Waals surface area contributed by atoms with Crippen molar-refractivity contribution < 1.29 is 14.4 Å². The monoisotopic (exact) mass is 299 g/mol. The molecule has 0 saturated heterocycles. The first-order valence-corrected chi connectivity index (χ1v) is 5.77. The first-order chi connectivity index (χ1) is 8.15. The van der Waals surface area contributed by atoms with Gasteiger partial charge in [0.2, 0.25) is 0 Å². The summed E-state index contributed by atoms with van der Waals surface area (Å²) >= 11 is 3.40. The minimum absolute atomic E-state index is 0.383. The Bertz CT molecular complexity index is 444. The smallest absolute Gasteiger partial charge is 0.339 e. The van der Waals surface area contributed by atoms with Gasteiger partial charge in [-0.15, -0.1) is 0 Å². The van der Waals surface area contributed by atoms with E-state index in [4.69, 9.17) is 9.57 Å². The van der Waals surface area contributed by atoms with Crippen molar-refractivity contribution in [3.8, 4) is 0 Å². The molecule has 1 aromatic carbocycles. The second-order valence-electron chi connectivity index (χ2n) is 3.19. The van der Waals surface area contributed by atoms with Gasteiger partial charge in [-0.25, -0.2) is 4.79 Å². The third kappa shape index (κ3) is 3.08. The molecule has 0 unspecified atom stereocenters. The SMILES string of the molecule is C/C=C\c1c(NOC)ccc(C(=O)OC)c1Br. The zero-order chi connectivity index (χ0) is 12.8. The van der Waals surface area contributed by atoms with Crippen LogP contribution in [0.3, 0.4) is 0 Å². The minimum atomic E-state index is -0.383. The summed E-state index contributed by atoms with van der Waals surface area (Å²) in [6, 6.07) is 3.43. The summed E-state index contributed by atoms with van der Waals surface area (Å²) in [5.74, 6) is -0.383. The lowest BCUT2D eigenvalue weighted by Gasteiger charge is -2.12. The lowest BCUT2D eigenvalue weighted by Crippen LogP contribution is -2.05. The molecule has 0 atom stereocenters. The van der Waals surface area contributed by atoms with E-state index in [1.165, 1.54) is 14.2 Å². The number of anilines is 1. The van der Waals surface area contributed by atoms with Crippen molar-refractivity contribution in [2.45, 2.75) is 6.92 Å². The number of halogens is 1. The maximum absolute atomic E-state index is 11.5. The summed E-state index contributed by atoms with van der Waals surface area (Å²) in [5, 5.41) is 0. The van der Waals surface area contributed by atoms with Gasteiger partial charge in [-0.1, -0.05) is 12.2 Å². The van der Waals surface area contributed by atoms with Crippen LogP contribution in [-0.4, -0.2) is 20.2 Å². The molecule has 5 heteroatoms. The molecular formula is C12H14BrNO3. The van der Waals surface area contributed by atoms with Gasteiger partial charge in [0.1, 0.15) is 0 Å². The minimum Gasteiger partial charge on any atom is -0.465 e. The quantitative estimate of drug-likeness (QED) is 0.685. The Morgan fingerprint density at radius 3 is 2.65 bits per heavy atom. The Morgan fingerprint density at radius 2 is 2.12 bits per heavy atom. The van der Waals surface area contributed by atoms with Gasteiger partial charge in [-0.2, -0.15) is 0 Å². The van der Waals surface area contributed by atoms with E-state index in [0.717, 1.165) is 11.3 Å². The van der Waals surface area contributed by atoms with Crippen LogP contribution >= 0.6 is 15.9 Å². The molecule has 0 aliphatic rings. The molecule has 17 heavy (non-hydrogen) atoms. The van der Waals surface area contributed by atoms with Gasteiger partial charge in [0.15, 0.2) is 0 Å². The first-order valence-electron chi connectivity index (χ1n) is 4.98. The average Bonchev–Trinajstić information content (AvgIpc) is 2.33. The van der Waals surface area contributed by atoms with Gasteiger partial charge in [-0.05, 0) is 35.0 Å². The molecule has 4 nitrogen and oxygen atoms in total. The summed E-state index contributed by atoms with van der Waals surface area (Å²) in [5.41, 5.74) is 4.83. The highest BCUT2D eigenvalue weighted by Crippen LogP contribution is 2.30. The van der Waals surface area contributed by atoms with Crippen molar-refractivity contribution in [1.82, 2.24) is 0 Å². The fraction of sp³-hybridized carbons (Fsp3) is 0.250. The summed E-state index contributed by atoms with van der Waals surface area (Å²) in [6.07, 6.45) is 3.75. The van der Waals surface area contributed by atoms with E-state index in [0.29, 0.717) is 10.0 Å². The molecule has 92 valence electrons. The fourth-order valence-electron chi connectivity index (χ4n) is 1.39. The van der Waals surface area contributed by atoms with Gasteiger partial charge in [0, 0.05) is 10.0 Å². The third-order valence-corrected chi connectivity index (χ3v) is 2.98. The molecule has 0 aliphatic heterocycles. The van der Waals surface area contributed by atoms with E-state index < -0.39 is 0 Å². The third-order valence-electron chi connectivity index (χ3n) is 2.13. The number of nitrogens with one attached hydrogen (secondary N) is 1. The van der Waals surface area contributed by atoms with Gasteiger partial charge in [0.25, 0.3) is 0 Å². The van der Waals surface area contributed by atoms with Gasteiger partial charge in [0.05, 0.1) is 25.5 Å². The van der Waals surface area contributed by atoms with Gasteiger partial charge >= 0.3 is 5.97 Å². The zero-order valence-corrected chi connectivity index (χ0v) is 11.5. The molecular weight excluding hydrogens is 286 g/mol. The van der Waals surface area contributed by atoms with E-state index in [2.05, 4.69) is 21.4 Å². The number of allylic oxidation sites excluding steroid dienone is 1. The number of carbonyl (C=O) groups excluding carboxylic acids is 1. The van der Waals surface area contributed by atoms with Crippen LogP contribution in [0.25, 0.3) is 6.08 Å². The Kier molecular flexibility index (Phi) is 5.18. The second-order valence-corrected chi connectivity index (χ2v) is 3.98. The standard InChI is InChI=1S/C12H14BrNO3/c1-4-5-8-10(14-17-3)7-6-9(11(8)13)12(15)16-2/h4-7,14H,1-3H3/b5-4-. The van der Waals surface area contributed by atoms with E-state index in [1.807, 2.05) is 19.1 Å². The number of esters is 1. The molecule has 1 rings (SSSR count). The Balaban J connectivity index is 3.32. The number of rotatable bonds is 4. The summed E-state index contributed by atoms with van der Waals surface area (Å²) in [7, 11) is 2.88. The van der Waals surface area contributed by atoms with Crippen molar-refractivity contribution in [3.05, 3.63) is 33.8 Å². The normalized spacial score (nSPS) is 10.6. The Labute approximate surface area is 109 Å². The number of hydrogen-bond donors (Lipinski definition) is 1. The van der Waals surface area contributed by atoms with E-state index in [-0.39, 0.29) is 5.97 Å². The van der Waals surface area contributed by atoms with Crippen molar-refractivity contribution in [2.75, 3.05) is 19.7 Å². The summed E-state index contributed by atoms with van der Waals surface area (Å²) < 4.78 is 5.38. The van der Waals surface area contributed by atoms with Crippen LogP contribution in [0, 0.1) is 0 Å². The maximum Gasteiger partial charge on any atom is 0.339 e. The molecule has 0 amide bonds. The predicted molar refractivity (Wildman–Crippen MR) is 70.8 cm³/mol. The Hall–Kier alpha value is -1.33. The highest BCUT2D eigenvalue weighted by molar-refractivity contribution is 9.10. The average molecular weight is 300 g/mol. The number of hydrogen-bond acceptors (Lipinski definition) is 4. The van der Waals surface area contributed by atoms with Crippen molar-refractivity contribution in [3.63, 3.8) is 0 Å². The highest BCUT2D eigenvalue weighted by Gasteiger charge is 2.15. The number of benzene rings is 1. The molecule has 0 fully saturated rings. The lowest BCUT2D eigenvalue weighted by molar-refractivity contribution is 0.0599. The van der Waals surface area contributed by atoms with Gasteiger partial charge < -0.3 is 4.74 Å². The van der Waals surface area contributed by atoms with E-state index >= 15 is 0 Å². The molecule has 0 heterocycles. The fourth-order valence-corrected chi connectivity index (χ4v) is 2.03. The number of ether oxygens (including phenoxy) is 1. The molecule has 0 spiro atoms. The summed E-state index contributed by atoms with van der Waals surface area (Å²) in [4.78, 5) is 16.4. The molecule has 1 N–H and O–H groups in total. The first kappa shape index (κ1) is 13.7. The van der Waals surface area contributed by atoms with E-state index in [1.54, 1.807) is 12.1 Å². The van der Waals surface area contributed by atoms with Crippen molar-refractivity contribution in [1.29, 1.82) is 0 Å². The molecule has 0 bridgehead atoms. The molecule has 0 aromatic heterocycles. The molecule has 0 aliphatic carbocycles. The van der Waals surface area contributed by atoms with Gasteiger partial charge in [-0.3, -0.25) is 10.3 Å². The second kappa shape index (κ2) is 6.42. The molecule has 0 radical (unpaired) electrons. The maximum atomic E-state index is 11.5. The van der Waals surface area contributed by atoms with Crippen LogP contribution in [0.5, 0.6) is 0 Å². The number of methoxy groups -OCH3 is 1. The largest absolute Gasteiger partial charge is 0.465 e. The van der Waals surface area contributed by atoms with Crippen LogP contribution in [0.15, 0.2) is 22.7 Å². The van der Waals surface area contributed by atoms with Crippen molar-refractivity contribution in [2.24, 2.45) is 0 Å². The number of carbonyl (C=O) groups is 1.